The number of ether oxygens (including phenoxy) is 1. The Bertz CT molecular complexity index is 897. The van der Waals surface area contributed by atoms with Gasteiger partial charge in [-0.1, -0.05) is 30.3 Å². The van der Waals surface area contributed by atoms with Gasteiger partial charge >= 0.3 is 0 Å². The number of amides is 2. The number of carbonyl (C=O) groups excluding carboxylic acids is 2. The molecule has 0 aliphatic rings. The van der Waals surface area contributed by atoms with E-state index in [0.717, 1.165) is 10.8 Å². The normalized spacial score (nSPS) is 10.3. The molecule has 2 N–H and O–H groups in total. The highest BCUT2D eigenvalue weighted by Crippen LogP contribution is 2.20. The predicted octanol–water partition coefficient (Wildman–Crippen LogP) is 2.16. The van der Waals surface area contributed by atoms with Crippen molar-refractivity contribution in [1.82, 2.24) is 15.6 Å². The molecule has 2 aromatic carbocycles. The van der Waals surface area contributed by atoms with Crippen LogP contribution in [0.1, 0.15) is 10.4 Å². The Balaban J connectivity index is 1.38. The topological polar surface area (TPSA) is 80.3 Å². The molecule has 0 bridgehead atoms. The third kappa shape index (κ3) is 4.80. The van der Waals surface area contributed by atoms with E-state index in [4.69, 9.17) is 4.74 Å². The average Bonchev–Trinajstić information content (AvgIpc) is 2.70. The number of nitrogens with zero attached hydrogens (tertiary/aromatic N) is 1. The van der Waals surface area contributed by atoms with Gasteiger partial charge in [0.1, 0.15) is 5.75 Å². The molecule has 0 aliphatic heterocycles. The Kier molecular flexibility index (Phi) is 5.77. The number of nitrogens with one attached hydrogen (secondary N) is 2. The Labute approximate surface area is 151 Å². The summed E-state index contributed by atoms with van der Waals surface area (Å²) in [7, 11) is 0. The van der Waals surface area contributed by atoms with E-state index in [-0.39, 0.29) is 18.4 Å². The molecule has 6 heteroatoms. The van der Waals surface area contributed by atoms with E-state index in [9.17, 15) is 9.59 Å². The van der Waals surface area contributed by atoms with Crippen LogP contribution in [0.5, 0.6) is 5.75 Å². The second kappa shape index (κ2) is 8.62. The van der Waals surface area contributed by atoms with Crippen molar-refractivity contribution < 1.29 is 14.3 Å². The molecule has 0 saturated carbocycles. The monoisotopic (exact) mass is 349 g/mol. The van der Waals surface area contributed by atoms with E-state index in [2.05, 4.69) is 15.6 Å². The fraction of sp³-hybridized carbons (Fsp3) is 0.150. The van der Waals surface area contributed by atoms with E-state index >= 15 is 0 Å². The summed E-state index contributed by atoms with van der Waals surface area (Å²) in [6.07, 6.45) is 3.10. The van der Waals surface area contributed by atoms with Crippen molar-refractivity contribution in [3.05, 3.63) is 72.6 Å². The molecule has 3 rings (SSSR count). The van der Waals surface area contributed by atoms with Gasteiger partial charge in [-0.25, -0.2) is 0 Å². The minimum atomic E-state index is -0.242. The molecule has 0 radical (unpaired) electrons. The lowest BCUT2D eigenvalue weighted by Crippen LogP contribution is -2.36. The zero-order valence-electron chi connectivity index (χ0n) is 14.1. The van der Waals surface area contributed by atoms with Crippen molar-refractivity contribution in [3.8, 4) is 5.75 Å². The van der Waals surface area contributed by atoms with Gasteiger partial charge in [0, 0.05) is 25.5 Å². The second-order valence-corrected chi connectivity index (χ2v) is 5.65. The molecule has 0 unspecified atom stereocenters. The second-order valence-electron chi connectivity index (χ2n) is 5.65. The third-order valence-corrected chi connectivity index (χ3v) is 3.75. The number of pyridine rings is 1. The van der Waals surface area contributed by atoms with Crippen LogP contribution in [0.25, 0.3) is 10.8 Å². The molecular weight excluding hydrogens is 330 g/mol. The highest BCUT2D eigenvalue weighted by molar-refractivity contribution is 5.93. The van der Waals surface area contributed by atoms with Crippen molar-refractivity contribution in [2.24, 2.45) is 0 Å². The third-order valence-electron chi connectivity index (χ3n) is 3.75. The van der Waals surface area contributed by atoms with Gasteiger partial charge in [-0.2, -0.15) is 0 Å². The molecule has 1 heterocycles. The highest BCUT2D eigenvalue weighted by atomic mass is 16.5. The molecule has 0 saturated heterocycles. The lowest BCUT2D eigenvalue weighted by molar-refractivity contribution is -0.123. The Morgan fingerprint density at radius 1 is 0.923 bits per heavy atom. The molecule has 2 amide bonds. The van der Waals surface area contributed by atoms with E-state index in [1.165, 1.54) is 6.20 Å². The smallest absolute Gasteiger partial charge is 0.258 e. The molecule has 26 heavy (non-hydrogen) atoms. The van der Waals surface area contributed by atoms with Crippen molar-refractivity contribution in [2.45, 2.75) is 0 Å². The van der Waals surface area contributed by atoms with Gasteiger partial charge < -0.3 is 15.4 Å². The number of hydrogen-bond acceptors (Lipinski definition) is 4. The number of fused-ring (bicyclic) bond motifs is 1. The summed E-state index contributed by atoms with van der Waals surface area (Å²) in [5, 5.41) is 7.59. The summed E-state index contributed by atoms with van der Waals surface area (Å²) in [5.74, 6) is 0.178. The first kappa shape index (κ1) is 17.4. The first-order valence-corrected chi connectivity index (χ1v) is 8.29. The number of carbonyl (C=O) groups is 2. The Morgan fingerprint density at radius 3 is 2.54 bits per heavy atom. The highest BCUT2D eigenvalue weighted by Gasteiger charge is 2.06. The fourth-order valence-electron chi connectivity index (χ4n) is 2.43. The van der Waals surface area contributed by atoms with E-state index in [1.807, 2.05) is 42.5 Å². The molecule has 0 aliphatic carbocycles. The van der Waals surface area contributed by atoms with Crippen LogP contribution in [0.4, 0.5) is 0 Å². The maximum absolute atomic E-state index is 11.8. The molecule has 1 aromatic heterocycles. The van der Waals surface area contributed by atoms with Crippen LogP contribution in [0.3, 0.4) is 0 Å². The first-order valence-electron chi connectivity index (χ1n) is 8.29. The maximum Gasteiger partial charge on any atom is 0.258 e. The van der Waals surface area contributed by atoms with E-state index in [1.54, 1.807) is 18.3 Å². The lowest BCUT2D eigenvalue weighted by Gasteiger charge is -2.09. The summed E-state index contributed by atoms with van der Waals surface area (Å²) >= 11 is 0. The quantitative estimate of drug-likeness (QED) is 0.641. The van der Waals surface area contributed by atoms with Crippen molar-refractivity contribution in [3.63, 3.8) is 0 Å². The number of hydrogen-bond donors (Lipinski definition) is 2. The van der Waals surface area contributed by atoms with Crippen LogP contribution >= 0.6 is 0 Å². The average molecular weight is 349 g/mol. The van der Waals surface area contributed by atoms with Gasteiger partial charge in [0.05, 0.1) is 5.56 Å². The molecule has 6 nitrogen and oxygen atoms in total. The zero-order chi connectivity index (χ0) is 18.2. The van der Waals surface area contributed by atoms with Crippen molar-refractivity contribution in [2.75, 3.05) is 19.7 Å². The fourth-order valence-corrected chi connectivity index (χ4v) is 2.43. The summed E-state index contributed by atoms with van der Waals surface area (Å²) in [6, 6.07) is 17.0. The standard InChI is InChI=1S/C20H19N3O3/c24-19(22-10-11-23-20(25)17-6-3-9-21-13-17)14-26-18-8-7-15-4-1-2-5-16(15)12-18/h1-9,12-13H,10-11,14H2,(H,22,24)(H,23,25). The maximum atomic E-state index is 11.8. The summed E-state index contributed by atoms with van der Waals surface area (Å²) in [5.41, 5.74) is 0.485. The SMILES string of the molecule is O=C(COc1ccc2ccccc2c1)NCCNC(=O)c1cccnc1. The van der Waals surface area contributed by atoms with Crippen LogP contribution < -0.4 is 15.4 Å². The van der Waals surface area contributed by atoms with Gasteiger partial charge in [-0.05, 0) is 35.0 Å². The van der Waals surface area contributed by atoms with Gasteiger partial charge in [-0.15, -0.1) is 0 Å². The Morgan fingerprint density at radius 2 is 1.73 bits per heavy atom. The van der Waals surface area contributed by atoms with Gasteiger partial charge in [-0.3, -0.25) is 14.6 Å². The molecule has 0 fully saturated rings. The minimum absolute atomic E-state index is 0.0745. The predicted molar refractivity (Wildman–Crippen MR) is 99.0 cm³/mol. The summed E-state index contributed by atoms with van der Waals surface area (Å²) in [6.45, 7) is 0.580. The summed E-state index contributed by atoms with van der Waals surface area (Å²) < 4.78 is 5.52. The number of benzene rings is 2. The van der Waals surface area contributed by atoms with E-state index in [0.29, 0.717) is 24.4 Å². The van der Waals surface area contributed by atoms with Crippen LogP contribution in [0, 0.1) is 0 Å². The lowest BCUT2D eigenvalue weighted by atomic mass is 10.1. The molecule has 3 aromatic rings. The van der Waals surface area contributed by atoms with Crippen LogP contribution in [-0.4, -0.2) is 36.5 Å². The van der Waals surface area contributed by atoms with Crippen LogP contribution in [-0.2, 0) is 4.79 Å². The van der Waals surface area contributed by atoms with Crippen molar-refractivity contribution in [1.29, 1.82) is 0 Å². The van der Waals surface area contributed by atoms with E-state index < -0.39 is 0 Å². The molecule has 0 spiro atoms. The van der Waals surface area contributed by atoms with Crippen LogP contribution in [0.15, 0.2) is 67.0 Å². The molecular formula is C20H19N3O3. The molecule has 0 atom stereocenters. The summed E-state index contributed by atoms with van der Waals surface area (Å²) in [4.78, 5) is 27.5. The zero-order valence-corrected chi connectivity index (χ0v) is 14.1. The van der Waals surface area contributed by atoms with Gasteiger partial charge in [0.15, 0.2) is 6.61 Å². The largest absolute Gasteiger partial charge is 0.484 e. The van der Waals surface area contributed by atoms with Gasteiger partial charge in [0.2, 0.25) is 0 Å². The first-order chi connectivity index (χ1) is 12.7. The van der Waals surface area contributed by atoms with Gasteiger partial charge in [0.25, 0.3) is 11.8 Å². The number of aromatic nitrogens is 1. The molecule has 132 valence electrons. The van der Waals surface area contributed by atoms with Crippen molar-refractivity contribution >= 4 is 22.6 Å². The Hall–Kier alpha value is -3.41. The van der Waals surface area contributed by atoms with Crippen LogP contribution in [0.2, 0.25) is 0 Å². The number of rotatable bonds is 7. The minimum Gasteiger partial charge on any atom is -0.484 e.